The number of aliphatic hydroxyl groups is 1. The van der Waals surface area contributed by atoms with Crippen molar-refractivity contribution < 1.29 is 19.8 Å². The van der Waals surface area contributed by atoms with Crippen molar-refractivity contribution in [2.45, 2.75) is 51.7 Å². The van der Waals surface area contributed by atoms with E-state index in [0.717, 1.165) is 17.7 Å². The van der Waals surface area contributed by atoms with Gasteiger partial charge in [-0.2, -0.15) is 5.10 Å². The van der Waals surface area contributed by atoms with Gasteiger partial charge in [-0.3, -0.25) is 14.3 Å². The molecular weight excluding hydrogens is 370 g/mol. The maximum absolute atomic E-state index is 12.7. The van der Waals surface area contributed by atoms with Gasteiger partial charge in [-0.1, -0.05) is 30.3 Å². The number of likely N-dealkylation sites (tertiary alicyclic amines) is 1. The van der Waals surface area contributed by atoms with Crippen LogP contribution in [0.5, 0.6) is 0 Å². The fourth-order valence-corrected chi connectivity index (χ4v) is 4.10. The quantitative estimate of drug-likeness (QED) is 0.710. The van der Waals surface area contributed by atoms with Crippen LogP contribution in [0.2, 0.25) is 0 Å². The van der Waals surface area contributed by atoms with Crippen LogP contribution < -0.4 is 0 Å². The van der Waals surface area contributed by atoms with E-state index in [0.29, 0.717) is 25.9 Å². The maximum Gasteiger partial charge on any atom is 0.314 e. The maximum atomic E-state index is 12.7. The van der Waals surface area contributed by atoms with Gasteiger partial charge in [-0.25, -0.2) is 0 Å². The average Bonchev–Trinajstić information content (AvgIpc) is 3.13. The molecule has 1 fully saturated rings. The molecule has 29 heavy (non-hydrogen) atoms. The van der Waals surface area contributed by atoms with E-state index in [1.165, 1.54) is 0 Å². The molecular formula is C22H29N3O4. The smallest absolute Gasteiger partial charge is 0.314 e. The molecule has 0 unspecified atom stereocenters. The molecule has 7 nitrogen and oxygen atoms in total. The van der Waals surface area contributed by atoms with Crippen molar-refractivity contribution in [1.29, 1.82) is 0 Å². The van der Waals surface area contributed by atoms with Gasteiger partial charge in [-0.05, 0) is 44.2 Å². The Labute approximate surface area is 171 Å². The first-order valence-electron chi connectivity index (χ1n) is 10.1. The Morgan fingerprint density at radius 2 is 2.00 bits per heavy atom. The highest BCUT2D eigenvalue weighted by Gasteiger charge is 2.49. The summed E-state index contributed by atoms with van der Waals surface area (Å²) in [7, 11) is 0. The Bertz CT molecular complexity index is 836. The van der Waals surface area contributed by atoms with Crippen molar-refractivity contribution in [3.63, 3.8) is 0 Å². The number of carbonyl (C=O) groups excluding carboxylic acids is 1. The van der Waals surface area contributed by atoms with Crippen molar-refractivity contribution in [2.75, 3.05) is 13.1 Å². The van der Waals surface area contributed by atoms with Gasteiger partial charge in [0, 0.05) is 37.9 Å². The Hall–Kier alpha value is -2.67. The van der Waals surface area contributed by atoms with Gasteiger partial charge in [0.2, 0.25) is 5.91 Å². The van der Waals surface area contributed by atoms with Gasteiger partial charge < -0.3 is 15.1 Å². The Morgan fingerprint density at radius 3 is 2.66 bits per heavy atom. The number of aryl methyl sites for hydroxylation is 3. The summed E-state index contributed by atoms with van der Waals surface area (Å²) in [6.07, 6.45) is 3.01. The lowest BCUT2D eigenvalue weighted by atomic mass is 9.73. The van der Waals surface area contributed by atoms with Crippen molar-refractivity contribution >= 4 is 11.9 Å². The van der Waals surface area contributed by atoms with Crippen LogP contribution in [-0.2, 0) is 22.6 Å². The fourth-order valence-electron chi connectivity index (χ4n) is 4.10. The topological polar surface area (TPSA) is 95.7 Å². The van der Waals surface area contributed by atoms with Crippen LogP contribution in [0.25, 0.3) is 0 Å². The second kappa shape index (κ2) is 9.22. The summed E-state index contributed by atoms with van der Waals surface area (Å²) in [5.41, 5.74) is 0.804. The molecule has 1 saturated heterocycles. The van der Waals surface area contributed by atoms with Gasteiger partial charge >= 0.3 is 5.97 Å². The fraction of sp³-hybridized carbons (Fsp3) is 0.500. The Morgan fingerprint density at radius 1 is 1.24 bits per heavy atom. The zero-order valence-corrected chi connectivity index (χ0v) is 16.8. The van der Waals surface area contributed by atoms with Crippen LogP contribution in [-0.4, -0.2) is 56.0 Å². The van der Waals surface area contributed by atoms with E-state index in [4.69, 9.17) is 0 Å². The average molecular weight is 399 g/mol. The van der Waals surface area contributed by atoms with E-state index >= 15 is 0 Å². The summed E-state index contributed by atoms with van der Waals surface area (Å²) in [5, 5.41) is 24.7. The molecule has 156 valence electrons. The number of carboxylic acids is 1. The van der Waals surface area contributed by atoms with E-state index in [9.17, 15) is 19.8 Å². The van der Waals surface area contributed by atoms with Crippen LogP contribution in [0, 0.1) is 12.3 Å². The highest BCUT2D eigenvalue weighted by molar-refractivity contribution is 5.80. The molecule has 2 heterocycles. The van der Waals surface area contributed by atoms with Crippen molar-refractivity contribution in [3.8, 4) is 0 Å². The highest BCUT2D eigenvalue weighted by Crippen LogP contribution is 2.36. The van der Waals surface area contributed by atoms with Crippen LogP contribution in [0.3, 0.4) is 0 Å². The Kier molecular flexibility index (Phi) is 6.69. The number of hydrogen-bond acceptors (Lipinski definition) is 4. The molecule has 0 bridgehead atoms. The standard InChI is InChI=1S/C22H29N3O4/c1-17-9-13-23-25(17)15-11-20(27)24-14-10-19(26)22(16-24,21(28)29)12-5-8-18-6-3-2-4-7-18/h2-4,6-7,9,13,19,26H,5,8,10-12,14-16H2,1H3,(H,28,29)/t19-,22-/m1/s1. The SMILES string of the molecule is Cc1ccnn1CCC(=O)N1CC[C@@H](O)[C@](CCCc2ccccc2)(C(=O)O)C1. The number of aliphatic hydroxyl groups excluding tert-OH is 1. The molecule has 1 aliphatic rings. The lowest BCUT2D eigenvalue weighted by Crippen LogP contribution is -2.57. The lowest BCUT2D eigenvalue weighted by Gasteiger charge is -2.43. The molecule has 2 atom stereocenters. The highest BCUT2D eigenvalue weighted by atomic mass is 16.4. The van der Waals surface area contributed by atoms with Crippen LogP contribution in [0.1, 0.15) is 36.9 Å². The first kappa shape index (κ1) is 21.0. The first-order valence-corrected chi connectivity index (χ1v) is 10.1. The summed E-state index contributed by atoms with van der Waals surface area (Å²) < 4.78 is 1.76. The number of aromatic nitrogens is 2. The third kappa shape index (κ3) is 4.85. The monoisotopic (exact) mass is 399 g/mol. The molecule has 0 aliphatic carbocycles. The number of carbonyl (C=O) groups is 2. The number of benzene rings is 1. The first-order chi connectivity index (χ1) is 13.9. The zero-order chi connectivity index (χ0) is 20.9. The second-order valence-electron chi connectivity index (χ2n) is 7.87. The number of hydrogen-bond donors (Lipinski definition) is 2. The molecule has 0 saturated carbocycles. The zero-order valence-electron chi connectivity index (χ0n) is 16.8. The molecule has 3 rings (SSSR count). The Balaban J connectivity index is 1.63. The van der Waals surface area contributed by atoms with Gasteiger partial charge in [0.05, 0.1) is 6.10 Å². The molecule has 7 heteroatoms. The van der Waals surface area contributed by atoms with Gasteiger partial charge in [0.25, 0.3) is 0 Å². The van der Waals surface area contributed by atoms with Crippen molar-refractivity contribution in [2.24, 2.45) is 5.41 Å². The van der Waals surface area contributed by atoms with E-state index in [1.54, 1.807) is 15.8 Å². The second-order valence-corrected chi connectivity index (χ2v) is 7.87. The molecule has 2 aromatic rings. The number of amides is 1. The minimum atomic E-state index is -1.32. The number of piperidine rings is 1. The third-order valence-electron chi connectivity index (χ3n) is 5.96. The molecule has 1 aromatic carbocycles. The number of rotatable bonds is 8. The number of carboxylic acid groups (broad SMARTS) is 1. The molecule has 0 spiro atoms. The summed E-state index contributed by atoms with van der Waals surface area (Å²) in [4.78, 5) is 26.5. The molecule has 0 radical (unpaired) electrons. The largest absolute Gasteiger partial charge is 0.481 e. The van der Waals surface area contributed by atoms with E-state index in [2.05, 4.69) is 5.10 Å². The van der Waals surface area contributed by atoms with Gasteiger partial charge in [0.1, 0.15) is 5.41 Å². The minimum absolute atomic E-state index is 0.0508. The summed E-state index contributed by atoms with van der Waals surface area (Å²) in [6, 6.07) is 11.8. The number of aliphatic carboxylic acids is 1. The van der Waals surface area contributed by atoms with E-state index in [-0.39, 0.29) is 25.3 Å². The summed E-state index contributed by atoms with van der Waals surface area (Å²) in [5.74, 6) is -1.13. The molecule has 1 amide bonds. The lowest BCUT2D eigenvalue weighted by molar-refractivity contribution is -0.167. The van der Waals surface area contributed by atoms with Crippen LogP contribution in [0.4, 0.5) is 0 Å². The van der Waals surface area contributed by atoms with Crippen LogP contribution in [0.15, 0.2) is 42.6 Å². The predicted octanol–water partition coefficient (Wildman–Crippen LogP) is 2.27. The summed E-state index contributed by atoms with van der Waals surface area (Å²) in [6.45, 7) is 2.82. The predicted molar refractivity (Wildman–Crippen MR) is 108 cm³/mol. The van der Waals surface area contributed by atoms with Crippen LogP contribution >= 0.6 is 0 Å². The van der Waals surface area contributed by atoms with Crippen molar-refractivity contribution in [3.05, 3.63) is 53.9 Å². The minimum Gasteiger partial charge on any atom is -0.481 e. The molecule has 2 N–H and O–H groups in total. The molecule has 1 aliphatic heterocycles. The van der Waals surface area contributed by atoms with Gasteiger partial charge in [-0.15, -0.1) is 0 Å². The normalized spacial score (nSPS) is 21.9. The van der Waals surface area contributed by atoms with Gasteiger partial charge in [0.15, 0.2) is 0 Å². The third-order valence-corrected chi connectivity index (χ3v) is 5.96. The van der Waals surface area contributed by atoms with E-state index in [1.807, 2.05) is 43.3 Å². The summed E-state index contributed by atoms with van der Waals surface area (Å²) >= 11 is 0. The van der Waals surface area contributed by atoms with Crippen molar-refractivity contribution in [1.82, 2.24) is 14.7 Å². The number of nitrogens with zero attached hydrogens (tertiary/aromatic N) is 3. The van der Waals surface area contributed by atoms with E-state index < -0.39 is 17.5 Å². The molecule has 1 aromatic heterocycles.